The first-order chi connectivity index (χ1) is 9.74. The van der Waals surface area contributed by atoms with E-state index in [4.69, 9.17) is 10.5 Å². The maximum atomic E-state index is 5.69. The van der Waals surface area contributed by atoms with E-state index in [1.54, 1.807) is 11.8 Å². The van der Waals surface area contributed by atoms with Crippen molar-refractivity contribution in [1.82, 2.24) is 4.98 Å². The second-order valence-electron chi connectivity index (χ2n) is 4.64. The molecule has 2 rings (SSSR count). The van der Waals surface area contributed by atoms with Gasteiger partial charge in [0.2, 0.25) is 0 Å². The first-order valence-corrected chi connectivity index (χ1v) is 7.76. The van der Waals surface area contributed by atoms with Crippen molar-refractivity contribution < 1.29 is 4.74 Å². The molecule has 0 spiro atoms. The zero-order valence-electron chi connectivity index (χ0n) is 11.7. The Kier molecular flexibility index (Phi) is 5.74. The largest absolute Gasteiger partial charge is 0.494 e. The van der Waals surface area contributed by atoms with Gasteiger partial charge in [0.05, 0.1) is 6.61 Å². The average Bonchev–Trinajstić information content (AvgIpc) is 2.46. The van der Waals surface area contributed by atoms with Crippen LogP contribution in [0.25, 0.3) is 0 Å². The van der Waals surface area contributed by atoms with Crippen molar-refractivity contribution in [3.05, 3.63) is 48.2 Å². The lowest BCUT2D eigenvalue weighted by Crippen LogP contribution is -1.98. The number of anilines is 1. The number of nitrogen functional groups attached to an aromatic ring is 1. The Labute approximate surface area is 124 Å². The van der Waals surface area contributed by atoms with Crippen LogP contribution in [0.15, 0.2) is 47.5 Å². The highest BCUT2D eigenvalue weighted by atomic mass is 32.2. The highest BCUT2D eigenvalue weighted by molar-refractivity contribution is 7.99. The molecule has 0 fully saturated rings. The Morgan fingerprint density at radius 1 is 1.10 bits per heavy atom. The van der Waals surface area contributed by atoms with Crippen molar-refractivity contribution in [2.75, 3.05) is 18.1 Å². The van der Waals surface area contributed by atoms with Crippen molar-refractivity contribution in [3.8, 4) is 5.75 Å². The van der Waals surface area contributed by atoms with Crippen molar-refractivity contribution >= 4 is 17.6 Å². The summed E-state index contributed by atoms with van der Waals surface area (Å²) in [5, 5.41) is 0. The number of rotatable bonds is 7. The summed E-state index contributed by atoms with van der Waals surface area (Å²) in [6.45, 7) is 2.84. The summed E-state index contributed by atoms with van der Waals surface area (Å²) in [6, 6.07) is 12.0. The van der Waals surface area contributed by atoms with Crippen LogP contribution in [0.1, 0.15) is 18.4 Å². The van der Waals surface area contributed by atoms with Gasteiger partial charge in [-0.2, -0.15) is 0 Å². The summed E-state index contributed by atoms with van der Waals surface area (Å²) in [5.74, 6) is 2.59. The molecule has 1 aromatic carbocycles. The number of benzene rings is 1. The van der Waals surface area contributed by atoms with E-state index in [1.807, 2.05) is 30.5 Å². The van der Waals surface area contributed by atoms with Crippen LogP contribution in [-0.2, 0) is 0 Å². The summed E-state index contributed by atoms with van der Waals surface area (Å²) in [7, 11) is 0. The molecule has 0 aliphatic heterocycles. The SMILES string of the molecule is Cc1ccc(OCCCCSc2ccc(N)nc2)cc1. The quantitative estimate of drug-likeness (QED) is 0.619. The van der Waals surface area contributed by atoms with Gasteiger partial charge in [0.25, 0.3) is 0 Å². The van der Waals surface area contributed by atoms with E-state index in [1.165, 1.54) is 10.5 Å². The summed E-state index contributed by atoms with van der Waals surface area (Å²) in [6.07, 6.45) is 4.01. The molecule has 0 bridgehead atoms. The van der Waals surface area contributed by atoms with Crippen molar-refractivity contribution in [1.29, 1.82) is 0 Å². The molecular weight excluding hydrogens is 268 g/mol. The van der Waals surface area contributed by atoms with Gasteiger partial charge in [-0.15, -0.1) is 11.8 Å². The predicted octanol–water partition coefficient (Wildman–Crippen LogP) is 3.92. The van der Waals surface area contributed by atoms with Gasteiger partial charge in [-0.25, -0.2) is 4.98 Å². The number of aryl methyl sites for hydroxylation is 1. The molecule has 0 radical (unpaired) electrons. The monoisotopic (exact) mass is 288 g/mol. The second kappa shape index (κ2) is 7.80. The second-order valence-corrected chi connectivity index (χ2v) is 5.80. The number of hydrogen-bond donors (Lipinski definition) is 1. The summed E-state index contributed by atoms with van der Waals surface area (Å²) >= 11 is 1.80. The number of pyridine rings is 1. The van der Waals surface area contributed by atoms with Gasteiger partial charge in [0, 0.05) is 11.1 Å². The molecule has 0 amide bonds. The maximum absolute atomic E-state index is 5.69. The molecule has 0 unspecified atom stereocenters. The highest BCUT2D eigenvalue weighted by Gasteiger charge is 1.96. The molecule has 20 heavy (non-hydrogen) atoms. The van der Waals surface area contributed by atoms with Gasteiger partial charge >= 0.3 is 0 Å². The number of ether oxygens (including phenoxy) is 1. The number of aromatic nitrogens is 1. The zero-order valence-corrected chi connectivity index (χ0v) is 12.5. The third kappa shape index (κ3) is 5.13. The molecule has 1 heterocycles. The van der Waals surface area contributed by atoms with Gasteiger partial charge in [-0.3, -0.25) is 0 Å². The third-order valence-electron chi connectivity index (χ3n) is 2.86. The predicted molar refractivity (Wildman–Crippen MR) is 85.3 cm³/mol. The molecule has 0 saturated heterocycles. The van der Waals surface area contributed by atoms with E-state index in [-0.39, 0.29) is 0 Å². The van der Waals surface area contributed by atoms with Gasteiger partial charge in [0.1, 0.15) is 11.6 Å². The van der Waals surface area contributed by atoms with E-state index in [2.05, 4.69) is 24.0 Å². The molecule has 2 aromatic rings. The van der Waals surface area contributed by atoms with Gasteiger partial charge in [-0.05, 0) is 49.8 Å². The van der Waals surface area contributed by atoms with Crippen LogP contribution in [0.5, 0.6) is 5.75 Å². The molecule has 2 N–H and O–H groups in total. The Morgan fingerprint density at radius 2 is 1.90 bits per heavy atom. The van der Waals surface area contributed by atoms with Gasteiger partial charge in [-0.1, -0.05) is 17.7 Å². The van der Waals surface area contributed by atoms with E-state index < -0.39 is 0 Å². The third-order valence-corrected chi connectivity index (χ3v) is 3.92. The normalized spacial score (nSPS) is 10.4. The van der Waals surface area contributed by atoms with Crippen LogP contribution in [0.2, 0.25) is 0 Å². The smallest absolute Gasteiger partial charge is 0.123 e. The van der Waals surface area contributed by atoms with Crippen molar-refractivity contribution in [2.24, 2.45) is 0 Å². The Bertz CT molecular complexity index is 462. The van der Waals surface area contributed by atoms with Crippen molar-refractivity contribution in [2.45, 2.75) is 24.7 Å². The zero-order chi connectivity index (χ0) is 14.2. The Balaban J connectivity index is 1.57. The lowest BCUT2D eigenvalue weighted by Gasteiger charge is -2.06. The van der Waals surface area contributed by atoms with Crippen LogP contribution in [0.4, 0.5) is 5.82 Å². The molecule has 106 valence electrons. The average molecular weight is 288 g/mol. The molecule has 4 heteroatoms. The minimum Gasteiger partial charge on any atom is -0.494 e. The first kappa shape index (κ1) is 14.7. The van der Waals surface area contributed by atoms with Crippen LogP contribution < -0.4 is 10.5 Å². The van der Waals surface area contributed by atoms with Crippen molar-refractivity contribution in [3.63, 3.8) is 0 Å². The van der Waals surface area contributed by atoms with Crippen LogP contribution in [0.3, 0.4) is 0 Å². The topological polar surface area (TPSA) is 48.1 Å². The lowest BCUT2D eigenvalue weighted by molar-refractivity contribution is 0.310. The number of hydrogen-bond acceptors (Lipinski definition) is 4. The number of nitrogens with zero attached hydrogens (tertiary/aromatic N) is 1. The van der Waals surface area contributed by atoms with Crippen LogP contribution in [-0.4, -0.2) is 17.3 Å². The molecule has 1 aromatic heterocycles. The van der Waals surface area contributed by atoms with Crippen LogP contribution in [0, 0.1) is 6.92 Å². The first-order valence-electron chi connectivity index (χ1n) is 6.78. The molecule has 0 atom stereocenters. The lowest BCUT2D eigenvalue weighted by atomic mass is 10.2. The fourth-order valence-corrected chi connectivity index (χ4v) is 2.57. The van der Waals surface area contributed by atoms with E-state index >= 15 is 0 Å². The van der Waals surface area contributed by atoms with E-state index in [0.717, 1.165) is 31.0 Å². The maximum Gasteiger partial charge on any atom is 0.123 e. The summed E-state index contributed by atoms with van der Waals surface area (Å²) in [4.78, 5) is 5.24. The highest BCUT2D eigenvalue weighted by Crippen LogP contribution is 2.19. The van der Waals surface area contributed by atoms with E-state index in [0.29, 0.717) is 5.82 Å². The number of nitrogens with two attached hydrogens (primary N) is 1. The van der Waals surface area contributed by atoms with Gasteiger partial charge in [0.15, 0.2) is 0 Å². The summed E-state index contributed by atoms with van der Waals surface area (Å²) in [5.41, 5.74) is 6.80. The Morgan fingerprint density at radius 3 is 2.60 bits per heavy atom. The fourth-order valence-electron chi connectivity index (χ4n) is 1.70. The molecule has 0 aliphatic rings. The van der Waals surface area contributed by atoms with Crippen LogP contribution >= 0.6 is 11.8 Å². The van der Waals surface area contributed by atoms with Gasteiger partial charge < -0.3 is 10.5 Å². The van der Waals surface area contributed by atoms with E-state index in [9.17, 15) is 0 Å². The molecular formula is C16H20N2OS. The standard InChI is InChI=1S/C16H20N2OS/c1-13-4-6-14(7-5-13)19-10-2-3-11-20-15-8-9-16(17)18-12-15/h4-9,12H,2-3,10-11H2,1H3,(H2,17,18). The molecule has 0 saturated carbocycles. The minimum atomic E-state index is 0.570. The Hall–Kier alpha value is -1.68. The molecule has 3 nitrogen and oxygen atoms in total. The number of unbranched alkanes of at least 4 members (excludes halogenated alkanes) is 1. The fraction of sp³-hybridized carbons (Fsp3) is 0.312. The number of thioether (sulfide) groups is 1. The minimum absolute atomic E-state index is 0.570. The summed E-state index contributed by atoms with van der Waals surface area (Å²) < 4.78 is 5.69. The molecule has 0 aliphatic carbocycles.